The SMILES string of the molecule is CCOCc1cc(C(=O)c2ccccc2F)ccc1C(=O)N[C@H]1C2CC3CC1C[C@](O)(C3)C2. The first kappa shape index (κ1) is 22.2. The number of hydrogen-bond donors (Lipinski definition) is 2. The average Bonchev–Trinajstić information content (AvgIpc) is 2.78. The lowest BCUT2D eigenvalue weighted by Crippen LogP contribution is -2.61. The van der Waals surface area contributed by atoms with E-state index in [0.717, 1.165) is 32.1 Å². The number of hydrogen-bond acceptors (Lipinski definition) is 4. The lowest BCUT2D eigenvalue weighted by atomic mass is 9.52. The molecule has 2 atom stereocenters. The van der Waals surface area contributed by atoms with Gasteiger partial charge in [-0.15, -0.1) is 0 Å². The molecule has 0 saturated heterocycles. The third-order valence-electron chi connectivity index (χ3n) is 7.73. The van der Waals surface area contributed by atoms with Crippen LogP contribution in [0, 0.1) is 23.6 Å². The molecule has 6 heteroatoms. The number of rotatable bonds is 7. The molecule has 2 aromatic rings. The van der Waals surface area contributed by atoms with E-state index in [9.17, 15) is 19.1 Å². The largest absolute Gasteiger partial charge is 0.390 e. The van der Waals surface area contributed by atoms with E-state index in [1.54, 1.807) is 30.3 Å². The van der Waals surface area contributed by atoms with Crippen LogP contribution in [0.4, 0.5) is 4.39 Å². The van der Waals surface area contributed by atoms with Crippen molar-refractivity contribution in [3.63, 3.8) is 0 Å². The minimum Gasteiger partial charge on any atom is -0.390 e. The number of ether oxygens (including phenoxy) is 1. The second-order valence-electron chi connectivity index (χ2n) is 10.0. The van der Waals surface area contributed by atoms with E-state index in [-0.39, 0.29) is 24.1 Å². The van der Waals surface area contributed by atoms with E-state index >= 15 is 0 Å². The first-order valence-corrected chi connectivity index (χ1v) is 11.9. The van der Waals surface area contributed by atoms with Crippen LogP contribution in [-0.4, -0.2) is 35.0 Å². The first-order valence-electron chi connectivity index (χ1n) is 11.9. The molecule has 5 nitrogen and oxygen atoms in total. The monoisotopic (exact) mass is 451 g/mol. The van der Waals surface area contributed by atoms with Gasteiger partial charge in [-0.1, -0.05) is 18.2 Å². The Bertz CT molecular complexity index is 1070. The van der Waals surface area contributed by atoms with Crippen LogP contribution < -0.4 is 5.32 Å². The maximum atomic E-state index is 14.1. The summed E-state index contributed by atoms with van der Waals surface area (Å²) in [5, 5.41) is 14.1. The molecule has 0 aliphatic heterocycles. The summed E-state index contributed by atoms with van der Waals surface area (Å²) < 4.78 is 19.7. The summed E-state index contributed by atoms with van der Waals surface area (Å²) in [6, 6.07) is 10.8. The zero-order valence-corrected chi connectivity index (χ0v) is 18.9. The van der Waals surface area contributed by atoms with Gasteiger partial charge in [-0.25, -0.2) is 4.39 Å². The van der Waals surface area contributed by atoms with Crippen molar-refractivity contribution >= 4 is 11.7 Å². The second-order valence-corrected chi connectivity index (χ2v) is 10.0. The fraction of sp³-hybridized carbons (Fsp3) is 0.481. The quantitative estimate of drug-likeness (QED) is 0.617. The van der Waals surface area contributed by atoms with Gasteiger partial charge in [0, 0.05) is 23.8 Å². The van der Waals surface area contributed by atoms with Crippen molar-refractivity contribution < 1.29 is 23.8 Å². The van der Waals surface area contributed by atoms with Crippen molar-refractivity contribution in [3.8, 4) is 0 Å². The Morgan fingerprint density at radius 1 is 1.09 bits per heavy atom. The van der Waals surface area contributed by atoms with Crippen molar-refractivity contribution in [2.24, 2.45) is 17.8 Å². The van der Waals surface area contributed by atoms with Crippen molar-refractivity contribution in [2.45, 2.75) is 57.3 Å². The highest BCUT2D eigenvalue weighted by atomic mass is 19.1. The van der Waals surface area contributed by atoms with E-state index in [1.807, 2.05) is 6.92 Å². The summed E-state index contributed by atoms with van der Waals surface area (Å²) in [7, 11) is 0. The lowest BCUT2D eigenvalue weighted by Gasteiger charge is -2.58. The fourth-order valence-corrected chi connectivity index (χ4v) is 6.53. The Balaban J connectivity index is 1.39. The van der Waals surface area contributed by atoms with Crippen LogP contribution in [0.25, 0.3) is 0 Å². The number of carbonyl (C=O) groups excluding carboxylic acids is 2. The molecule has 4 aliphatic rings. The van der Waals surface area contributed by atoms with Gasteiger partial charge >= 0.3 is 0 Å². The Kier molecular flexibility index (Phi) is 5.83. The summed E-state index contributed by atoms with van der Waals surface area (Å²) in [6.45, 7) is 2.53. The summed E-state index contributed by atoms with van der Waals surface area (Å²) >= 11 is 0. The number of amides is 1. The van der Waals surface area contributed by atoms with Crippen LogP contribution in [0.5, 0.6) is 0 Å². The summed E-state index contributed by atoms with van der Waals surface area (Å²) in [6.07, 6.45) is 4.54. The van der Waals surface area contributed by atoms with Crippen LogP contribution in [0.2, 0.25) is 0 Å². The average molecular weight is 452 g/mol. The molecule has 174 valence electrons. The molecule has 0 radical (unpaired) electrons. The molecule has 4 saturated carbocycles. The molecule has 4 fully saturated rings. The fourth-order valence-electron chi connectivity index (χ4n) is 6.53. The van der Waals surface area contributed by atoms with E-state index in [0.29, 0.717) is 41.1 Å². The van der Waals surface area contributed by atoms with Gasteiger partial charge in [0.2, 0.25) is 0 Å². The number of aliphatic hydroxyl groups is 1. The van der Waals surface area contributed by atoms with Crippen molar-refractivity contribution in [3.05, 3.63) is 70.5 Å². The molecule has 0 aromatic heterocycles. The molecule has 2 unspecified atom stereocenters. The Labute approximate surface area is 193 Å². The third kappa shape index (κ3) is 4.22. The molecular formula is C27H30FNO4. The molecule has 0 spiro atoms. The van der Waals surface area contributed by atoms with Gasteiger partial charge in [-0.3, -0.25) is 9.59 Å². The van der Waals surface area contributed by atoms with Crippen LogP contribution in [0.1, 0.15) is 70.9 Å². The zero-order valence-electron chi connectivity index (χ0n) is 18.9. The highest BCUT2D eigenvalue weighted by molar-refractivity contribution is 6.10. The molecular weight excluding hydrogens is 421 g/mol. The molecule has 2 N–H and O–H groups in total. The van der Waals surface area contributed by atoms with Gasteiger partial charge in [0.15, 0.2) is 5.78 Å². The number of halogens is 1. The van der Waals surface area contributed by atoms with Gasteiger partial charge in [-0.2, -0.15) is 0 Å². The number of carbonyl (C=O) groups is 2. The topological polar surface area (TPSA) is 75.6 Å². The molecule has 6 rings (SSSR count). The molecule has 4 bridgehead atoms. The standard InChI is InChI=1S/C27H30FNO4/c1-2-33-15-20-11-17(25(30)22-5-3-4-6-23(22)28)7-8-21(20)26(31)29-24-18-9-16-10-19(24)14-27(32,12-16)13-18/h3-8,11,16,18-19,24,32H,2,9-10,12-15H2,1H3,(H,29,31)/t16?,18?,19?,24-,27-. The van der Waals surface area contributed by atoms with E-state index in [1.165, 1.54) is 12.1 Å². The highest BCUT2D eigenvalue weighted by Gasteiger charge is 2.55. The Hall–Kier alpha value is -2.57. The number of nitrogens with one attached hydrogen (secondary N) is 1. The van der Waals surface area contributed by atoms with Gasteiger partial charge in [0.1, 0.15) is 5.82 Å². The van der Waals surface area contributed by atoms with Crippen molar-refractivity contribution in [2.75, 3.05) is 6.61 Å². The van der Waals surface area contributed by atoms with E-state index < -0.39 is 17.2 Å². The number of benzene rings is 2. The van der Waals surface area contributed by atoms with Crippen LogP contribution in [-0.2, 0) is 11.3 Å². The molecule has 2 aromatic carbocycles. The smallest absolute Gasteiger partial charge is 0.251 e. The maximum absolute atomic E-state index is 14.1. The minimum absolute atomic E-state index is 0.00332. The second kappa shape index (κ2) is 8.65. The summed E-state index contributed by atoms with van der Waals surface area (Å²) in [4.78, 5) is 26.2. The zero-order chi connectivity index (χ0) is 23.2. The Morgan fingerprint density at radius 2 is 1.82 bits per heavy atom. The minimum atomic E-state index is -0.570. The van der Waals surface area contributed by atoms with Crippen molar-refractivity contribution in [1.82, 2.24) is 5.32 Å². The maximum Gasteiger partial charge on any atom is 0.251 e. The van der Waals surface area contributed by atoms with E-state index in [4.69, 9.17) is 4.74 Å². The molecule has 4 aliphatic carbocycles. The van der Waals surface area contributed by atoms with Gasteiger partial charge < -0.3 is 15.2 Å². The normalized spacial score (nSPS) is 29.8. The van der Waals surface area contributed by atoms with Crippen LogP contribution >= 0.6 is 0 Å². The third-order valence-corrected chi connectivity index (χ3v) is 7.73. The van der Waals surface area contributed by atoms with Crippen LogP contribution in [0.3, 0.4) is 0 Å². The summed E-state index contributed by atoms with van der Waals surface area (Å²) in [5.41, 5.74) is 0.860. The van der Waals surface area contributed by atoms with Gasteiger partial charge in [0.05, 0.1) is 17.8 Å². The Morgan fingerprint density at radius 3 is 2.48 bits per heavy atom. The lowest BCUT2D eigenvalue weighted by molar-refractivity contribution is -0.136. The molecule has 33 heavy (non-hydrogen) atoms. The van der Waals surface area contributed by atoms with Crippen molar-refractivity contribution in [1.29, 1.82) is 0 Å². The highest BCUT2D eigenvalue weighted by Crippen LogP contribution is 2.55. The predicted molar refractivity (Wildman–Crippen MR) is 121 cm³/mol. The molecule has 0 heterocycles. The van der Waals surface area contributed by atoms with Gasteiger partial charge in [0.25, 0.3) is 5.91 Å². The number of ketones is 1. The predicted octanol–water partition coefficient (Wildman–Crippen LogP) is 4.26. The molecule has 1 amide bonds. The first-order chi connectivity index (χ1) is 15.9. The van der Waals surface area contributed by atoms with Gasteiger partial charge in [-0.05, 0) is 86.6 Å². The van der Waals surface area contributed by atoms with Crippen LogP contribution in [0.15, 0.2) is 42.5 Å². The summed E-state index contributed by atoms with van der Waals surface area (Å²) in [5.74, 6) is 0.00751. The van der Waals surface area contributed by atoms with E-state index in [2.05, 4.69) is 5.32 Å².